The van der Waals surface area contributed by atoms with Crippen molar-refractivity contribution in [2.24, 2.45) is 5.92 Å². The summed E-state index contributed by atoms with van der Waals surface area (Å²) in [6.07, 6.45) is -0.156. The van der Waals surface area contributed by atoms with Crippen LogP contribution in [0.3, 0.4) is 0 Å². The predicted molar refractivity (Wildman–Crippen MR) is 110 cm³/mol. The molecule has 3 saturated heterocycles. The zero-order chi connectivity index (χ0) is 21.5. The Morgan fingerprint density at radius 1 is 1.07 bits per heavy atom. The van der Waals surface area contributed by atoms with Crippen molar-refractivity contribution in [3.05, 3.63) is 0 Å². The van der Waals surface area contributed by atoms with Crippen molar-refractivity contribution < 1.29 is 20.3 Å². The van der Waals surface area contributed by atoms with Gasteiger partial charge in [-0.15, -0.1) is 11.8 Å². The van der Waals surface area contributed by atoms with E-state index < -0.39 is 24.2 Å². The van der Waals surface area contributed by atoms with Crippen LogP contribution in [0.2, 0.25) is 0 Å². The lowest BCUT2D eigenvalue weighted by molar-refractivity contribution is -0.144. The number of hydrogen-bond acceptors (Lipinski definition) is 14. The molecule has 0 aromatic rings. The number of carbonyl (C=O) groups is 1. The molecule has 3 aliphatic heterocycles. The third-order valence-corrected chi connectivity index (χ3v) is 6.37. The van der Waals surface area contributed by atoms with Crippen LogP contribution in [0, 0.1) is 5.92 Å². The molecule has 0 spiro atoms. The van der Waals surface area contributed by atoms with E-state index in [0.717, 1.165) is 18.7 Å². The van der Waals surface area contributed by atoms with E-state index in [1.807, 2.05) is 4.90 Å². The molecule has 30 heavy (non-hydrogen) atoms. The number of carboxylic acids is 1. The van der Waals surface area contributed by atoms with Crippen LogP contribution in [0.4, 0.5) is 0 Å². The second kappa shape index (κ2) is 12.0. The molecule has 0 saturated carbocycles. The summed E-state index contributed by atoms with van der Waals surface area (Å²) in [7, 11) is 0. The van der Waals surface area contributed by atoms with Crippen LogP contribution in [0.1, 0.15) is 12.8 Å². The maximum absolute atomic E-state index is 11.3. The highest BCUT2D eigenvalue weighted by atomic mass is 35.5. The number of halogens is 1. The first kappa shape index (κ1) is 24.3. The lowest BCUT2D eigenvalue weighted by Crippen LogP contribution is -2.74. The van der Waals surface area contributed by atoms with Crippen LogP contribution < -0.4 is 48.2 Å². The molecule has 0 aromatic carbocycles. The van der Waals surface area contributed by atoms with Gasteiger partial charge in [-0.25, -0.2) is 0 Å². The predicted octanol–water partition coefficient (Wildman–Crippen LogP) is -3.43. The molecule has 3 rings (SSSR count). The Hall–Kier alpha value is -0.370. The largest absolute Gasteiger partial charge is 0.481 e. The maximum Gasteiger partial charge on any atom is 0.307 e. The number of aliphatic carboxylic acids is 1. The van der Waals surface area contributed by atoms with Gasteiger partial charge < -0.3 is 15.5 Å². The Balaban J connectivity index is 1.43. The average Bonchev–Trinajstić information content (AvgIpc) is 2.76. The van der Waals surface area contributed by atoms with Crippen molar-refractivity contribution in [1.29, 1.82) is 0 Å². The number of carboxylic acid groups (broad SMARTS) is 1. The van der Waals surface area contributed by atoms with Crippen molar-refractivity contribution in [1.82, 2.24) is 53.1 Å². The van der Waals surface area contributed by atoms with Crippen LogP contribution in [-0.4, -0.2) is 88.1 Å². The molecule has 0 aromatic heterocycles. The lowest BCUT2D eigenvalue weighted by atomic mass is 9.98. The Morgan fingerprint density at radius 2 is 1.80 bits per heavy atom. The van der Waals surface area contributed by atoms with Crippen molar-refractivity contribution in [2.45, 2.75) is 49.1 Å². The number of rotatable bonds is 9. The molecule has 3 heterocycles. The van der Waals surface area contributed by atoms with Gasteiger partial charge in [-0.1, -0.05) is 11.6 Å². The SMILES string of the molecule is O=C(O)C1CCCN(C2NC(NO)NC(SCCNC3NC(Cl)NC(NO)N3)N2)C1. The Morgan fingerprint density at radius 3 is 2.53 bits per heavy atom. The average molecular weight is 471 g/mol. The number of piperidine rings is 1. The summed E-state index contributed by atoms with van der Waals surface area (Å²) in [6.45, 7) is 1.86. The monoisotopic (exact) mass is 470 g/mol. The zero-order valence-corrected chi connectivity index (χ0v) is 17.8. The smallest absolute Gasteiger partial charge is 0.307 e. The number of nitrogens with one attached hydrogen (secondary N) is 9. The van der Waals surface area contributed by atoms with Crippen molar-refractivity contribution in [3.63, 3.8) is 0 Å². The fraction of sp³-hybridized carbons (Fsp3) is 0.929. The third-order valence-electron chi connectivity index (χ3n) is 5.07. The van der Waals surface area contributed by atoms with Crippen LogP contribution in [0.25, 0.3) is 0 Å². The fourth-order valence-electron chi connectivity index (χ4n) is 3.60. The summed E-state index contributed by atoms with van der Waals surface area (Å²) in [6, 6.07) is 0. The first-order chi connectivity index (χ1) is 14.5. The maximum atomic E-state index is 11.3. The lowest BCUT2D eigenvalue weighted by Gasteiger charge is -2.44. The fourth-order valence-corrected chi connectivity index (χ4v) is 4.78. The third kappa shape index (κ3) is 7.07. The molecule has 12 N–H and O–H groups in total. The molecule has 174 valence electrons. The molecule has 14 nitrogen and oxygen atoms in total. The van der Waals surface area contributed by atoms with E-state index >= 15 is 0 Å². The number of likely N-dealkylation sites (tertiary alicyclic amines) is 1. The van der Waals surface area contributed by atoms with Gasteiger partial charge in [-0.3, -0.25) is 46.9 Å². The first-order valence-electron chi connectivity index (χ1n) is 9.80. The molecule has 3 fully saturated rings. The number of hydroxylamine groups is 2. The van der Waals surface area contributed by atoms with Crippen LogP contribution in [0.5, 0.6) is 0 Å². The topological polar surface area (TPSA) is 189 Å². The Labute approximate surface area is 183 Å². The second-order valence-electron chi connectivity index (χ2n) is 7.20. The molecule has 0 aliphatic carbocycles. The normalized spacial score (nSPS) is 38.4. The summed E-state index contributed by atoms with van der Waals surface area (Å²) in [5, 5.41) is 49.6. The molecular formula is C14H31ClN10O4S. The second-order valence-corrected chi connectivity index (χ2v) is 8.85. The van der Waals surface area contributed by atoms with Crippen LogP contribution in [-0.2, 0) is 4.79 Å². The van der Waals surface area contributed by atoms with Gasteiger partial charge in [0.2, 0.25) is 0 Å². The summed E-state index contributed by atoms with van der Waals surface area (Å²) in [4.78, 5) is 13.4. The first-order valence-corrected chi connectivity index (χ1v) is 11.3. The zero-order valence-electron chi connectivity index (χ0n) is 16.3. The van der Waals surface area contributed by atoms with Gasteiger partial charge in [0.1, 0.15) is 36.3 Å². The molecule has 16 heteroatoms. The quantitative estimate of drug-likeness (QED) is 0.0689. The van der Waals surface area contributed by atoms with Crippen LogP contribution >= 0.6 is 23.4 Å². The molecule has 0 amide bonds. The minimum absolute atomic E-state index is 0.172. The van der Waals surface area contributed by atoms with Crippen molar-refractivity contribution >= 4 is 29.3 Å². The highest BCUT2D eigenvalue weighted by Crippen LogP contribution is 2.19. The van der Waals surface area contributed by atoms with Gasteiger partial charge >= 0.3 is 5.97 Å². The van der Waals surface area contributed by atoms with Crippen molar-refractivity contribution in [3.8, 4) is 0 Å². The standard InChI is InChI=1S/C14H31ClN10O4S/c15-9-17-10(19-11(18-9)23-28)16-3-5-30-14-21-12(24-29)20-13(22-14)25-4-1-2-7(6-25)8(26)27/h7,9-14,16-24,28-29H,1-6H2,(H,26,27). The molecule has 3 aliphatic rings. The summed E-state index contributed by atoms with van der Waals surface area (Å²) < 4.78 is 0. The van der Waals surface area contributed by atoms with Gasteiger partial charge in [0.25, 0.3) is 0 Å². The minimum Gasteiger partial charge on any atom is -0.481 e. The van der Waals surface area contributed by atoms with E-state index in [1.54, 1.807) is 11.8 Å². The number of alkyl halides is 1. The molecule has 7 unspecified atom stereocenters. The molecule has 0 radical (unpaired) electrons. The van der Waals surface area contributed by atoms with Gasteiger partial charge in [0.15, 0.2) is 0 Å². The van der Waals surface area contributed by atoms with E-state index in [9.17, 15) is 15.1 Å². The Kier molecular flexibility index (Phi) is 9.73. The van der Waals surface area contributed by atoms with E-state index in [2.05, 4.69) is 48.2 Å². The number of nitrogens with zero attached hydrogens (tertiary/aromatic N) is 1. The summed E-state index contributed by atoms with van der Waals surface area (Å²) >= 11 is 7.61. The summed E-state index contributed by atoms with van der Waals surface area (Å²) in [5.41, 5.74) is 3.58. The van der Waals surface area contributed by atoms with E-state index in [0.29, 0.717) is 19.5 Å². The van der Waals surface area contributed by atoms with Crippen molar-refractivity contribution in [2.75, 3.05) is 25.4 Å². The number of hydrogen-bond donors (Lipinski definition) is 12. The van der Waals surface area contributed by atoms with Gasteiger partial charge in [0.05, 0.1) is 5.92 Å². The van der Waals surface area contributed by atoms with E-state index in [4.69, 9.17) is 16.8 Å². The summed E-state index contributed by atoms with van der Waals surface area (Å²) in [5.74, 6) is -0.438. The minimum atomic E-state index is -0.777. The molecule has 0 bridgehead atoms. The van der Waals surface area contributed by atoms with E-state index in [1.165, 1.54) is 0 Å². The highest BCUT2D eigenvalue weighted by Gasteiger charge is 2.34. The van der Waals surface area contributed by atoms with Gasteiger partial charge in [-0.2, -0.15) is 11.0 Å². The molecular weight excluding hydrogens is 440 g/mol. The van der Waals surface area contributed by atoms with Gasteiger partial charge in [0, 0.05) is 25.4 Å². The van der Waals surface area contributed by atoms with Gasteiger partial charge in [-0.05, 0) is 12.8 Å². The number of thioether (sulfide) groups is 1. The van der Waals surface area contributed by atoms with E-state index in [-0.39, 0.29) is 24.0 Å². The van der Waals surface area contributed by atoms with Crippen LogP contribution in [0.15, 0.2) is 0 Å². The highest BCUT2D eigenvalue weighted by molar-refractivity contribution is 7.99. The Bertz CT molecular complexity index is 557. The molecule has 7 atom stereocenters.